The van der Waals surface area contributed by atoms with E-state index in [1.807, 2.05) is 6.92 Å². The molecular weight excluding hydrogens is 347 g/mol. The van der Waals surface area contributed by atoms with Gasteiger partial charge in [0.2, 0.25) is 0 Å². The van der Waals surface area contributed by atoms with Gasteiger partial charge in [-0.3, -0.25) is 0 Å². The van der Waals surface area contributed by atoms with Gasteiger partial charge in [-0.05, 0) is 37.5 Å². The van der Waals surface area contributed by atoms with Crippen molar-refractivity contribution in [1.82, 2.24) is 10.6 Å². The fraction of sp³-hybridized carbons (Fsp3) is 0.500. The van der Waals surface area contributed by atoms with Crippen LogP contribution in [0, 0.1) is 5.82 Å². The summed E-state index contributed by atoms with van der Waals surface area (Å²) >= 11 is 3.21. The maximum Gasteiger partial charge on any atom is 0.257 e. The first-order valence-corrected chi connectivity index (χ1v) is 7.56. The predicted octanol–water partition coefficient (Wildman–Crippen LogP) is 3.34. The van der Waals surface area contributed by atoms with Gasteiger partial charge in [0.1, 0.15) is 12.4 Å². The summed E-state index contributed by atoms with van der Waals surface area (Å²) in [7, 11) is 0. The molecule has 0 aromatic heterocycles. The Labute approximate surface area is 131 Å². The van der Waals surface area contributed by atoms with E-state index >= 15 is 0 Å². The smallest absolute Gasteiger partial charge is 0.257 e. The number of nitrogens with one attached hydrogen (secondary N) is 2. The van der Waals surface area contributed by atoms with Crippen molar-refractivity contribution in [2.45, 2.75) is 26.2 Å². The molecule has 0 aliphatic heterocycles. The van der Waals surface area contributed by atoms with Gasteiger partial charge < -0.3 is 10.6 Å². The van der Waals surface area contributed by atoms with Crippen LogP contribution in [0.25, 0.3) is 0 Å². The second-order valence-corrected chi connectivity index (χ2v) is 5.29. The summed E-state index contributed by atoms with van der Waals surface area (Å²) in [5.74, 6) is 0.108. The van der Waals surface area contributed by atoms with E-state index in [2.05, 4.69) is 31.6 Å². The van der Waals surface area contributed by atoms with Gasteiger partial charge in [-0.1, -0.05) is 22.0 Å². The fourth-order valence-corrected chi connectivity index (χ4v) is 2.05. The van der Waals surface area contributed by atoms with Crippen molar-refractivity contribution in [3.05, 3.63) is 34.1 Å². The number of hydrogen-bond donors (Lipinski definition) is 2. The van der Waals surface area contributed by atoms with Crippen molar-refractivity contribution in [2.24, 2.45) is 4.99 Å². The van der Waals surface area contributed by atoms with Crippen LogP contribution in [-0.4, -0.2) is 32.0 Å². The molecule has 7 heteroatoms. The number of halogens is 4. The van der Waals surface area contributed by atoms with Crippen LogP contribution >= 0.6 is 15.9 Å². The van der Waals surface area contributed by atoms with Crippen molar-refractivity contribution in [2.75, 3.05) is 19.6 Å². The lowest BCUT2D eigenvalue weighted by atomic mass is 10.1. The van der Waals surface area contributed by atoms with Crippen molar-refractivity contribution in [3.63, 3.8) is 0 Å². The third-order valence-corrected chi connectivity index (χ3v) is 3.16. The second kappa shape index (κ2) is 9.65. The Balaban J connectivity index is 2.38. The summed E-state index contributed by atoms with van der Waals surface area (Å²) in [6.45, 7) is 2.45. The molecule has 0 fully saturated rings. The number of aliphatic imine (C=N–C) groups is 1. The Bertz CT molecular complexity index is 467. The van der Waals surface area contributed by atoms with Gasteiger partial charge in [-0.15, -0.1) is 0 Å². The molecule has 0 spiro atoms. The van der Waals surface area contributed by atoms with Crippen LogP contribution in [0.5, 0.6) is 0 Å². The van der Waals surface area contributed by atoms with E-state index in [1.54, 1.807) is 12.1 Å². The molecule has 2 N–H and O–H groups in total. The second-order valence-electron chi connectivity index (χ2n) is 4.38. The van der Waals surface area contributed by atoms with Gasteiger partial charge in [0.15, 0.2) is 5.96 Å². The molecule has 118 valence electrons. The first-order valence-electron chi connectivity index (χ1n) is 6.77. The number of benzene rings is 1. The zero-order valence-corrected chi connectivity index (χ0v) is 13.4. The Hall–Kier alpha value is -1.24. The van der Waals surface area contributed by atoms with E-state index in [-0.39, 0.29) is 5.82 Å². The monoisotopic (exact) mass is 365 g/mol. The van der Waals surface area contributed by atoms with E-state index in [4.69, 9.17) is 0 Å². The van der Waals surface area contributed by atoms with Crippen molar-refractivity contribution < 1.29 is 13.2 Å². The van der Waals surface area contributed by atoms with E-state index in [0.29, 0.717) is 41.9 Å². The number of rotatable bonds is 7. The minimum absolute atomic E-state index is 0.248. The summed E-state index contributed by atoms with van der Waals surface area (Å²) in [5.41, 5.74) is 0.634. The average Bonchev–Trinajstić information content (AvgIpc) is 2.42. The summed E-state index contributed by atoms with van der Waals surface area (Å²) in [6.07, 6.45) is -1.21. The molecule has 1 aromatic carbocycles. The van der Waals surface area contributed by atoms with Crippen LogP contribution in [0.15, 0.2) is 27.7 Å². The fourth-order valence-electron chi connectivity index (χ4n) is 1.71. The Morgan fingerprint density at radius 3 is 2.71 bits per heavy atom. The molecule has 0 aliphatic carbocycles. The first-order chi connectivity index (χ1) is 10.0. The molecule has 0 unspecified atom stereocenters. The third kappa shape index (κ3) is 7.36. The van der Waals surface area contributed by atoms with Crippen LogP contribution < -0.4 is 10.6 Å². The number of hydrogen-bond acceptors (Lipinski definition) is 1. The Morgan fingerprint density at radius 2 is 2.10 bits per heavy atom. The van der Waals surface area contributed by atoms with Crippen LogP contribution in [0.4, 0.5) is 13.2 Å². The van der Waals surface area contributed by atoms with Gasteiger partial charge in [0.05, 0.1) is 0 Å². The molecule has 3 nitrogen and oxygen atoms in total. The zero-order chi connectivity index (χ0) is 15.7. The van der Waals surface area contributed by atoms with Crippen LogP contribution in [0.3, 0.4) is 0 Å². The van der Waals surface area contributed by atoms with E-state index in [9.17, 15) is 13.2 Å². The zero-order valence-electron chi connectivity index (χ0n) is 11.8. The maximum atomic E-state index is 13.6. The standard InChI is InChI=1S/C14H19BrF3N3/c1-2-19-14(21-9-13(17)18)20-7-3-4-10-5-6-11(15)8-12(10)16/h5-6,8,13H,2-4,7,9H2,1H3,(H2,19,20,21). The average molecular weight is 366 g/mol. The van der Waals surface area contributed by atoms with Crippen LogP contribution in [0.2, 0.25) is 0 Å². The molecule has 1 aromatic rings. The van der Waals surface area contributed by atoms with Gasteiger partial charge in [0.25, 0.3) is 6.43 Å². The van der Waals surface area contributed by atoms with E-state index in [1.165, 1.54) is 6.07 Å². The molecule has 0 amide bonds. The molecular formula is C14H19BrF3N3. The molecule has 0 saturated carbocycles. The molecule has 21 heavy (non-hydrogen) atoms. The van der Waals surface area contributed by atoms with Crippen molar-refractivity contribution in [3.8, 4) is 0 Å². The summed E-state index contributed by atoms with van der Waals surface area (Å²) in [5, 5.41) is 5.83. The molecule has 0 atom stereocenters. The van der Waals surface area contributed by atoms with Crippen molar-refractivity contribution >= 4 is 21.9 Å². The van der Waals surface area contributed by atoms with Gasteiger partial charge in [0, 0.05) is 17.6 Å². The summed E-state index contributed by atoms with van der Waals surface area (Å²) in [4.78, 5) is 3.75. The highest BCUT2D eigenvalue weighted by Gasteiger charge is 2.04. The number of alkyl halides is 2. The lowest BCUT2D eigenvalue weighted by Crippen LogP contribution is -2.38. The highest BCUT2D eigenvalue weighted by atomic mass is 79.9. The highest BCUT2D eigenvalue weighted by Crippen LogP contribution is 2.16. The predicted molar refractivity (Wildman–Crippen MR) is 82.4 cm³/mol. The van der Waals surface area contributed by atoms with Gasteiger partial charge >= 0.3 is 0 Å². The molecule has 0 heterocycles. The lowest BCUT2D eigenvalue weighted by molar-refractivity contribution is 0.158. The normalized spacial score (nSPS) is 11.8. The molecule has 1 rings (SSSR count). The van der Waals surface area contributed by atoms with Crippen molar-refractivity contribution in [1.29, 1.82) is 0 Å². The third-order valence-electron chi connectivity index (χ3n) is 2.66. The number of guanidine groups is 1. The number of nitrogens with zero attached hydrogens (tertiary/aromatic N) is 1. The maximum absolute atomic E-state index is 13.6. The largest absolute Gasteiger partial charge is 0.357 e. The SMILES string of the molecule is CCNC(=NCC(F)F)NCCCc1ccc(Br)cc1F. The van der Waals surface area contributed by atoms with Crippen LogP contribution in [0.1, 0.15) is 18.9 Å². The lowest BCUT2D eigenvalue weighted by Gasteiger charge is -2.11. The molecule has 0 aliphatic rings. The number of aryl methyl sites for hydroxylation is 1. The Morgan fingerprint density at radius 1 is 1.33 bits per heavy atom. The van der Waals surface area contributed by atoms with Gasteiger partial charge in [-0.25, -0.2) is 18.2 Å². The Kier molecular flexibility index (Phi) is 8.19. The van der Waals surface area contributed by atoms with E-state index < -0.39 is 13.0 Å². The highest BCUT2D eigenvalue weighted by molar-refractivity contribution is 9.10. The van der Waals surface area contributed by atoms with E-state index in [0.717, 1.165) is 0 Å². The topological polar surface area (TPSA) is 36.4 Å². The first kappa shape index (κ1) is 17.8. The van der Waals surface area contributed by atoms with Crippen LogP contribution in [-0.2, 0) is 6.42 Å². The van der Waals surface area contributed by atoms with Gasteiger partial charge in [-0.2, -0.15) is 0 Å². The minimum atomic E-state index is -2.46. The molecule has 0 saturated heterocycles. The molecule has 0 radical (unpaired) electrons. The summed E-state index contributed by atoms with van der Waals surface area (Å²) < 4.78 is 38.5. The summed E-state index contributed by atoms with van der Waals surface area (Å²) in [6, 6.07) is 4.95. The minimum Gasteiger partial charge on any atom is -0.357 e. The molecule has 0 bridgehead atoms. The quantitative estimate of drug-likeness (QED) is 0.441.